The minimum Gasteiger partial charge on any atom is -0.444 e. The maximum Gasteiger partial charge on any atom is 0.407 e. The zero-order valence-corrected chi connectivity index (χ0v) is 30.4. The van der Waals surface area contributed by atoms with Crippen LogP contribution in [-0.4, -0.2) is 80.4 Å². The number of benzene rings is 3. The van der Waals surface area contributed by atoms with Gasteiger partial charge in [-0.2, -0.15) is 0 Å². The third-order valence-corrected chi connectivity index (χ3v) is 8.23. The van der Waals surface area contributed by atoms with Crippen LogP contribution in [0.2, 0.25) is 0 Å². The highest BCUT2D eigenvalue weighted by molar-refractivity contribution is 6.21. The van der Waals surface area contributed by atoms with E-state index in [1.807, 2.05) is 60.9 Å². The molecule has 3 aromatic carbocycles. The Bertz CT molecular complexity index is 2020. The fourth-order valence-corrected chi connectivity index (χ4v) is 6.03. The number of H-pyrrole nitrogens is 2. The third-order valence-electron chi connectivity index (χ3n) is 8.23. The first-order valence-corrected chi connectivity index (χ1v) is 17.3. The van der Waals surface area contributed by atoms with E-state index in [0.717, 1.165) is 32.9 Å². The van der Waals surface area contributed by atoms with Gasteiger partial charge < -0.3 is 35.2 Å². The molecule has 0 unspecified atom stereocenters. The van der Waals surface area contributed by atoms with Crippen LogP contribution in [0, 0.1) is 0 Å². The Morgan fingerprint density at radius 2 is 1.08 bits per heavy atom. The SMILES string of the molecule is C.CC(C)(C)OC(=O)N[C@@H](CO)Cc1c[nH]c2ccccc12.CC(C)(C)OC(=O)N[C@H](Cc1c[nH]c2ccccc12)CN1C(=O)c2ccccc2C1=O. The summed E-state index contributed by atoms with van der Waals surface area (Å²) in [6, 6.07) is 21.7. The fraction of sp³-hybridized carbons (Fsp3) is 0.366. The molecule has 0 saturated heterocycles. The van der Waals surface area contributed by atoms with Gasteiger partial charge in [0, 0.05) is 34.2 Å². The second-order valence-corrected chi connectivity index (χ2v) is 14.8. The van der Waals surface area contributed by atoms with Gasteiger partial charge in [-0.15, -0.1) is 0 Å². The van der Waals surface area contributed by atoms with E-state index in [1.54, 1.807) is 65.8 Å². The molecule has 1 aliphatic heterocycles. The first-order chi connectivity index (χ1) is 24.6. The lowest BCUT2D eigenvalue weighted by Gasteiger charge is -2.26. The summed E-state index contributed by atoms with van der Waals surface area (Å²) in [6.07, 6.45) is 3.66. The van der Waals surface area contributed by atoms with E-state index in [2.05, 4.69) is 20.6 Å². The number of carbonyl (C=O) groups excluding carboxylic acids is 4. The molecule has 0 fully saturated rings. The average molecular weight is 726 g/mol. The molecule has 282 valence electrons. The van der Waals surface area contributed by atoms with E-state index in [0.29, 0.717) is 24.0 Å². The van der Waals surface area contributed by atoms with Gasteiger partial charge in [0.1, 0.15) is 11.2 Å². The van der Waals surface area contributed by atoms with Crippen molar-refractivity contribution in [1.82, 2.24) is 25.5 Å². The van der Waals surface area contributed by atoms with Crippen molar-refractivity contribution in [2.24, 2.45) is 0 Å². The molecule has 3 heterocycles. The summed E-state index contributed by atoms with van der Waals surface area (Å²) in [5.41, 5.74) is 3.62. The van der Waals surface area contributed by atoms with Crippen LogP contribution >= 0.6 is 0 Å². The fourth-order valence-electron chi connectivity index (χ4n) is 6.03. The number of alkyl carbamates (subject to hydrolysis) is 2. The average Bonchev–Trinajstić information content (AvgIpc) is 3.74. The highest BCUT2D eigenvalue weighted by Crippen LogP contribution is 2.25. The van der Waals surface area contributed by atoms with Crippen LogP contribution < -0.4 is 10.6 Å². The molecule has 5 aromatic rings. The van der Waals surface area contributed by atoms with Crippen molar-refractivity contribution in [3.05, 3.63) is 107 Å². The van der Waals surface area contributed by atoms with E-state index >= 15 is 0 Å². The lowest BCUT2D eigenvalue weighted by atomic mass is 10.0. The molecule has 0 bridgehead atoms. The Labute approximate surface area is 310 Å². The van der Waals surface area contributed by atoms with Crippen LogP contribution in [0.15, 0.2) is 85.2 Å². The van der Waals surface area contributed by atoms with Crippen molar-refractivity contribution in [2.45, 2.75) is 85.1 Å². The number of aliphatic hydroxyl groups is 1. The predicted octanol–water partition coefficient (Wildman–Crippen LogP) is 7.13. The van der Waals surface area contributed by atoms with Crippen molar-refractivity contribution < 1.29 is 33.8 Å². The van der Waals surface area contributed by atoms with Crippen LogP contribution in [0.25, 0.3) is 21.8 Å². The van der Waals surface area contributed by atoms with Gasteiger partial charge in [-0.1, -0.05) is 56.0 Å². The summed E-state index contributed by atoms with van der Waals surface area (Å²) in [5, 5.41) is 17.1. The monoisotopic (exact) mass is 725 g/mol. The molecule has 0 radical (unpaired) electrons. The van der Waals surface area contributed by atoms with Crippen LogP contribution in [-0.2, 0) is 22.3 Å². The summed E-state index contributed by atoms with van der Waals surface area (Å²) in [6.45, 7) is 10.7. The van der Waals surface area contributed by atoms with Crippen molar-refractivity contribution in [3.8, 4) is 0 Å². The summed E-state index contributed by atoms with van der Waals surface area (Å²) in [4.78, 5) is 57.5. The van der Waals surface area contributed by atoms with Gasteiger partial charge in [-0.05, 0) is 89.8 Å². The molecule has 5 N–H and O–H groups in total. The lowest BCUT2D eigenvalue weighted by Crippen LogP contribution is -2.48. The minimum atomic E-state index is -0.662. The number of aromatic amines is 2. The van der Waals surface area contributed by atoms with Crippen molar-refractivity contribution in [3.63, 3.8) is 0 Å². The van der Waals surface area contributed by atoms with Gasteiger partial charge in [0.25, 0.3) is 11.8 Å². The molecule has 0 saturated carbocycles. The minimum absolute atomic E-state index is 0. The molecular formula is C41H51N5O7. The molecule has 12 heteroatoms. The number of carbonyl (C=O) groups is 4. The third kappa shape index (κ3) is 10.5. The predicted molar refractivity (Wildman–Crippen MR) is 206 cm³/mol. The molecule has 53 heavy (non-hydrogen) atoms. The number of amides is 4. The standard InChI is InChI=1S/C24H25N3O4.C16H22N2O3.CH4/c1-24(2,3)31-23(30)26-16(12-15-13-25-20-11-7-6-8-17(15)20)14-27-21(28)18-9-4-5-10-19(18)22(27)29;1-16(2,3)21-15(20)18-12(10-19)8-11-9-17-14-7-5-4-6-13(11)14;/h4-11,13,16,25H,12,14H2,1-3H3,(H,26,30);4-7,9,12,17,19H,8,10H2,1-3H3,(H,18,20);1H4/t16-;12-;/m11./s1. The normalized spacial score (nSPS) is 13.8. The smallest absolute Gasteiger partial charge is 0.407 e. The van der Waals surface area contributed by atoms with E-state index in [9.17, 15) is 24.3 Å². The molecule has 12 nitrogen and oxygen atoms in total. The van der Waals surface area contributed by atoms with Gasteiger partial charge in [-0.25, -0.2) is 9.59 Å². The number of nitrogens with one attached hydrogen (secondary N) is 4. The number of para-hydroxylation sites is 2. The second kappa shape index (κ2) is 16.8. The van der Waals surface area contributed by atoms with Gasteiger partial charge in [0.15, 0.2) is 0 Å². The van der Waals surface area contributed by atoms with Crippen LogP contribution in [0.3, 0.4) is 0 Å². The Balaban J connectivity index is 0.000000250. The summed E-state index contributed by atoms with van der Waals surface area (Å²) < 4.78 is 10.6. The van der Waals surface area contributed by atoms with Gasteiger partial charge in [0.2, 0.25) is 0 Å². The molecule has 2 aromatic heterocycles. The van der Waals surface area contributed by atoms with E-state index in [4.69, 9.17) is 9.47 Å². The molecule has 2 atom stereocenters. The number of nitrogens with zero attached hydrogens (tertiary/aromatic N) is 1. The van der Waals surface area contributed by atoms with Gasteiger partial charge in [0.05, 0.1) is 36.4 Å². The van der Waals surface area contributed by atoms with E-state index in [1.165, 1.54) is 4.90 Å². The number of hydrogen-bond donors (Lipinski definition) is 5. The van der Waals surface area contributed by atoms with Crippen LogP contribution in [0.5, 0.6) is 0 Å². The number of rotatable bonds is 9. The zero-order chi connectivity index (χ0) is 37.6. The molecule has 0 spiro atoms. The quantitative estimate of drug-likeness (QED) is 0.101. The number of hydrogen-bond acceptors (Lipinski definition) is 7. The van der Waals surface area contributed by atoms with Gasteiger partial charge >= 0.3 is 12.2 Å². The lowest BCUT2D eigenvalue weighted by molar-refractivity contribution is 0.0466. The number of imide groups is 1. The van der Waals surface area contributed by atoms with Gasteiger partial charge in [-0.3, -0.25) is 14.5 Å². The Morgan fingerprint density at radius 3 is 1.51 bits per heavy atom. The first-order valence-electron chi connectivity index (χ1n) is 17.3. The second-order valence-electron chi connectivity index (χ2n) is 14.8. The van der Waals surface area contributed by atoms with E-state index in [-0.39, 0.29) is 38.4 Å². The summed E-state index contributed by atoms with van der Waals surface area (Å²) >= 11 is 0. The maximum atomic E-state index is 12.8. The van der Waals surface area contributed by atoms with Crippen molar-refractivity contribution in [1.29, 1.82) is 0 Å². The number of fused-ring (bicyclic) bond motifs is 3. The Hall–Kier alpha value is -5.62. The van der Waals surface area contributed by atoms with Crippen LogP contribution in [0.1, 0.15) is 80.8 Å². The Morgan fingerprint density at radius 1 is 0.679 bits per heavy atom. The molecule has 1 aliphatic rings. The molecule has 0 aliphatic carbocycles. The van der Waals surface area contributed by atoms with Crippen LogP contribution in [0.4, 0.5) is 9.59 Å². The highest BCUT2D eigenvalue weighted by atomic mass is 16.6. The highest BCUT2D eigenvalue weighted by Gasteiger charge is 2.37. The summed E-state index contributed by atoms with van der Waals surface area (Å²) in [5.74, 6) is -0.703. The first kappa shape index (κ1) is 40.2. The molecular weight excluding hydrogens is 674 g/mol. The van der Waals surface area contributed by atoms with Crippen molar-refractivity contribution in [2.75, 3.05) is 13.2 Å². The van der Waals surface area contributed by atoms with Crippen molar-refractivity contribution >= 4 is 45.8 Å². The topological polar surface area (TPSA) is 166 Å². The maximum absolute atomic E-state index is 12.8. The number of aromatic nitrogens is 2. The molecule has 6 rings (SSSR count). The molecule has 4 amide bonds. The zero-order valence-electron chi connectivity index (χ0n) is 30.4. The number of ether oxygens (including phenoxy) is 2. The Kier molecular flexibility index (Phi) is 12.7. The summed E-state index contributed by atoms with van der Waals surface area (Å²) in [7, 11) is 0. The number of aliphatic hydroxyl groups excluding tert-OH is 1. The van der Waals surface area contributed by atoms with E-state index < -0.39 is 29.4 Å². The largest absolute Gasteiger partial charge is 0.444 e.